The molecular weight excluding hydrogens is 322 g/mol. The summed E-state index contributed by atoms with van der Waals surface area (Å²) in [6.07, 6.45) is 2.79. The fourth-order valence-corrected chi connectivity index (χ4v) is 2.44. The predicted molar refractivity (Wildman–Crippen MR) is 89.9 cm³/mol. The Morgan fingerprint density at radius 1 is 1.04 bits per heavy atom. The van der Waals surface area contributed by atoms with Crippen molar-refractivity contribution in [2.45, 2.75) is 0 Å². The third kappa shape index (κ3) is 3.42. The second kappa shape index (κ2) is 7.00. The summed E-state index contributed by atoms with van der Waals surface area (Å²) < 4.78 is 10.1. The first-order chi connectivity index (χ1) is 12.1. The van der Waals surface area contributed by atoms with Gasteiger partial charge in [-0.1, -0.05) is 24.3 Å². The quantitative estimate of drug-likeness (QED) is 0.476. The maximum atomic E-state index is 12.2. The molecule has 0 spiro atoms. The second-order valence-corrected chi connectivity index (χ2v) is 5.29. The number of rotatable bonds is 5. The van der Waals surface area contributed by atoms with E-state index in [1.165, 1.54) is 6.08 Å². The van der Waals surface area contributed by atoms with Crippen LogP contribution >= 0.6 is 0 Å². The van der Waals surface area contributed by atoms with Crippen LogP contribution < -0.4 is 4.74 Å². The number of carbonyl (C=O) groups is 3. The van der Waals surface area contributed by atoms with Crippen molar-refractivity contribution in [3.05, 3.63) is 71.3 Å². The number of fused-ring (bicyclic) bond motifs is 1. The first kappa shape index (κ1) is 16.4. The Labute approximate surface area is 144 Å². The predicted octanol–water partition coefficient (Wildman–Crippen LogP) is 2.51. The van der Waals surface area contributed by atoms with Crippen LogP contribution in [-0.4, -0.2) is 36.5 Å². The van der Waals surface area contributed by atoms with Gasteiger partial charge >= 0.3 is 5.97 Å². The molecule has 0 atom stereocenters. The lowest BCUT2D eigenvalue weighted by Crippen LogP contribution is -2.32. The van der Waals surface area contributed by atoms with E-state index < -0.39 is 24.5 Å². The van der Waals surface area contributed by atoms with Crippen molar-refractivity contribution in [1.29, 1.82) is 0 Å². The number of nitrogens with zero attached hydrogens (tertiary/aromatic N) is 1. The fourth-order valence-electron chi connectivity index (χ4n) is 2.44. The Morgan fingerprint density at radius 2 is 1.72 bits per heavy atom. The molecule has 0 saturated carbocycles. The third-order valence-electron chi connectivity index (χ3n) is 3.72. The van der Waals surface area contributed by atoms with Crippen molar-refractivity contribution in [2.24, 2.45) is 0 Å². The van der Waals surface area contributed by atoms with Crippen molar-refractivity contribution in [2.75, 3.05) is 13.8 Å². The van der Waals surface area contributed by atoms with Gasteiger partial charge in [0.2, 0.25) is 0 Å². The molecule has 0 fully saturated rings. The summed E-state index contributed by atoms with van der Waals surface area (Å²) in [7, 11) is 1.55. The van der Waals surface area contributed by atoms with E-state index in [1.807, 2.05) is 0 Å². The average molecular weight is 337 g/mol. The molecule has 1 heterocycles. The summed E-state index contributed by atoms with van der Waals surface area (Å²) in [4.78, 5) is 37.0. The molecule has 2 amide bonds. The number of hydrogen-bond acceptors (Lipinski definition) is 5. The van der Waals surface area contributed by atoms with Crippen LogP contribution in [0.3, 0.4) is 0 Å². The van der Waals surface area contributed by atoms with E-state index in [2.05, 4.69) is 0 Å². The highest BCUT2D eigenvalue weighted by atomic mass is 16.5. The van der Waals surface area contributed by atoms with Gasteiger partial charge in [0, 0.05) is 6.08 Å². The molecule has 0 saturated heterocycles. The van der Waals surface area contributed by atoms with E-state index in [4.69, 9.17) is 9.47 Å². The highest BCUT2D eigenvalue weighted by molar-refractivity contribution is 6.21. The Hall–Kier alpha value is -3.41. The largest absolute Gasteiger partial charge is 0.497 e. The number of amides is 2. The maximum Gasteiger partial charge on any atom is 0.332 e. The van der Waals surface area contributed by atoms with E-state index >= 15 is 0 Å². The zero-order valence-electron chi connectivity index (χ0n) is 13.5. The van der Waals surface area contributed by atoms with Gasteiger partial charge in [-0.25, -0.2) is 9.69 Å². The van der Waals surface area contributed by atoms with Gasteiger partial charge < -0.3 is 9.47 Å². The van der Waals surface area contributed by atoms with Crippen molar-refractivity contribution < 1.29 is 23.9 Å². The monoisotopic (exact) mass is 337 g/mol. The average Bonchev–Trinajstić information content (AvgIpc) is 2.89. The first-order valence-electron chi connectivity index (χ1n) is 7.54. The molecule has 2 aromatic rings. The lowest BCUT2D eigenvalue weighted by atomic mass is 10.1. The number of hydrogen-bond donors (Lipinski definition) is 0. The molecule has 0 aliphatic carbocycles. The number of ether oxygens (including phenoxy) is 2. The summed E-state index contributed by atoms with van der Waals surface area (Å²) in [5, 5.41) is 0. The van der Waals surface area contributed by atoms with Gasteiger partial charge in [0.05, 0.1) is 18.2 Å². The van der Waals surface area contributed by atoms with Gasteiger partial charge in [0.25, 0.3) is 11.8 Å². The molecule has 0 aromatic heterocycles. The Morgan fingerprint density at radius 3 is 2.36 bits per heavy atom. The zero-order chi connectivity index (χ0) is 17.8. The van der Waals surface area contributed by atoms with E-state index in [0.29, 0.717) is 16.9 Å². The van der Waals surface area contributed by atoms with E-state index in [0.717, 1.165) is 10.5 Å². The molecule has 25 heavy (non-hydrogen) atoms. The maximum absolute atomic E-state index is 12.2. The molecular formula is C19H15NO5. The van der Waals surface area contributed by atoms with E-state index in [9.17, 15) is 14.4 Å². The van der Waals surface area contributed by atoms with Gasteiger partial charge in [-0.2, -0.15) is 0 Å². The van der Waals surface area contributed by atoms with Gasteiger partial charge in [0.1, 0.15) is 5.75 Å². The Balaban J connectivity index is 1.60. The summed E-state index contributed by atoms with van der Waals surface area (Å²) in [6.45, 7) is -0.423. The minimum Gasteiger partial charge on any atom is -0.497 e. The summed E-state index contributed by atoms with van der Waals surface area (Å²) >= 11 is 0. The number of benzene rings is 2. The van der Waals surface area contributed by atoms with Gasteiger partial charge in [-0.05, 0) is 35.9 Å². The van der Waals surface area contributed by atoms with Crippen molar-refractivity contribution in [3.8, 4) is 5.75 Å². The van der Waals surface area contributed by atoms with Crippen LogP contribution in [0.2, 0.25) is 0 Å². The Kier molecular flexibility index (Phi) is 4.61. The van der Waals surface area contributed by atoms with E-state index in [-0.39, 0.29) is 0 Å². The summed E-state index contributed by atoms with van der Waals surface area (Å²) in [6, 6.07) is 13.6. The number of esters is 1. The van der Waals surface area contributed by atoms with Crippen LogP contribution in [0.15, 0.2) is 54.6 Å². The smallest absolute Gasteiger partial charge is 0.332 e. The topological polar surface area (TPSA) is 72.9 Å². The number of methoxy groups -OCH3 is 1. The molecule has 3 rings (SSSR count). The number of imide groups is 1. The van der Waals surface area contributed by atoms with Crippen LogP contribution in [0.25, 0.3) is 6.08 Å². The first-order valence-corrected chi connectivity index (χ1v) is 7.54. The zero-order valence-corrected chi connectivity index (χ0v) is 13.5. The molecule has 1 aliphatic rings. The van der Waals surface area contributed by atoms with E-state index in [1.54, 1.807) is 61.7 Å². The number of carbonyl (C=O) groups excluding carboxylic acids is 3. The van der Waals surface area contributed by atoms with Crippen molar-refractivity contribution in [3.63, 3.8) is 0 Å². The highest BCUT2D eigenvalue weighted by Crippen LogP contribution is 2.22. The molecule has 6 heteroatoms. The van der Waals surface area contributed by atoms with Crippen LogP contribution in [0, 0.1) is 0 Å². The molecule has 0 unspecified atom stereocenters. The van der Waals surface area contributed by atoms with Gasteiger partial charge in [-0.3, -0.25) is 9.59 Å². The molecule has 2 aromatic carbocycles. The molecule has 126 valence electrons. The Bertz CT molecular complexity index is 837. The summed E-state index contributed by atoms with van der Waals surface area (Å²) in [5.41, 5.74) is 1.39. The van der Waals surface area contributed by atoms with Gasteiger partial charge in [0.15, 0.2) is 6.73 Å². The highest BCUT2D eigenvalue weighted by Gasteiger charge is 2.35. The van der Waals surface area contributed by atoms with Crippen molar-refractivity contribution in [1.82, 2.24) is 4.90 Å². The lowest BCUT2D eigenvalue weighted by Gasteiger charge is -2.12. The normalized spacial score (nSPS) is 13.2. The molecule has 0 bridgehead atoms. The van der Waals surface area contributed by atoms with Crippen LogP contribution in [0.1, 0.15) is 26.3 Å². The van der Waals surface area contributed by atoms with Gasteiger partial charge in [-0.15, -0.1) is 0 Å². The third-order valence-corrected chi connectivity index (χ3v) is 3.72. The summed E-state index contributed by atoms with van der Waals surface area (Å²) in [5.74, 6) is -0.920. The molecule has 6 nitrogen and oxygen atoms in total. The minimum atomic E-state index is -0.653. The second-order valence-electron chi connectivity index (χ2n) is 5.29. The SMILES string of the molecule is COc1cccc(/C=C\C(=O)OCN2C(=O)c3ccccc3C2=O)c1. The molecule has 0 N–H and O–H groups in total. The van der Waals surface area contributed by atoms with Crippen molar-refractivity contribution >= 4 is 23.9 Å². The fraction of sp³-hybridized carbons (Fsp3) is 0.105. The van der Waals surface area contributed by atoms with Crippen LogP contribution in [-0.2, 0) is 9.53 Å². The van der Waals surface area contributed by atoms with Crippen LogP contribution in [0.5, 0.6) is 5.75 Å². The minimum absolute atomic E-state index is 0.315. The molecule has 0 radical (unpaired) electrons. The molecule has 1 aliphatic heterocycles. The lowest BCUT2D eigenvalue weighted by molar-refractivity contribution is -0.140. The van der Waals surface area contributed by atoms with Crippen LogP contribution in [0.4, 0.5) is 0 Å². The standard InChI is InChI=1S/C19H15NO5/c1-24-14-6-4-5-13(11-14)9-10-17(21)25-12-20-18(22)15-7-2-3-8-16(15)19(20)23/h2-11H,12H2,1H3/b10-9-.